The van der Waals surface area contributed by atoms with Crippen LogP contribution in [0.2, 0.25) is 0 Å². The summed E-state index contributed by atoms with van der Waals surface area (Å²) < 4.78 is 0. The lowest BCUT2D eigenvalue weighted by molar-refractivity contribution is 0.483. The van der Waals surface area contributed by atoms with E-state index in [0.29, 0.717) is 5.92 Å². The monoisotopic (exact) mass is 234 g/mol. The minimum absolute atomic E-state index is 0.656. The van der Waals surface area contributed by atoms with Crippen LogP contribution in [0.4, 0.5) is 5.69 Å². The number of hydrogen-bond acceptors (Lipinski definition) is 2. The summed E-state index contributed by atoms with van der Waals surface area (Å²) in [6, 6.07) is 6.64. The van der Waals surface area contributed by atoms with Crippen molar-refractivity contribution in [1.29, 1.82) is 0 Å². The first-order valence-corrected chi connectivity index (χ1v) is 6.57. The van der Waals surface area contributed by atoms with Gasteiger partial charge in [-0.05, 0) is 44.4 Å². The Bertz CT molecular complexity index is 343. The number of benzene rings is 1. The normalized spacial score (nSPS) is 12.5. The molecular formula is C15H26N2. The van der Waals surface area contributed by atoms with Crippen LogP contribution in [-0.4, -0.2) is 20.1 Å². The first-order valence-electron chi connectivity index (χ1n) is 6.57. The van der Waals surface area contributed by atoms with Crippen LogP contribution in [0.3, 0.4) is 0 Å². The Morgan fingerprint density at radius 3 is 2.53 bits per heavy atom. The second-order valence-electron chi connectivity index (χ2n) is 5.01. The molecule has 0 saturated heterocycles. The molecule has 0 bridgehead atoms. The van der Waals surface area contributed by atoms with Gasteiger partial charge in [-0.3, -0.25) is 0 Å². The van der Waals surface area contributed by atoms with Crippen LogP contribution in [0.25, 0.3) is 0 Å². The number of nitrogens with two attached hydrogens (primary N) is 1. The van der Waals surface area contributed by atoms with Gasteiger partial charge < -0.3 is 10.6 Å². The van der Waals surface area contributed by atoms with Gasteiger partial charge in [0.25, 0.3) is 0 Å². The van der Waals surface area contributed by atoms with E-state index in [9.17, 15) is 0 Å². The van der Waals surface area contributed by atoms with Crippen LogP contribution >= 0.6 is 0 Å². The van der Waals surface area contributed by atoms with Crippen LogP contribution in [0.5, 0.6) is 0 Å². The van der Waals surface area contributed by atoms with E-state index in [0.717, 1.165) is 13.1 Å². The molecule has 2 heteroatoms. The SMILES string of the molecule is CCC(CN)CCN(C)c1ccc(C)cc1C. The van der Waals surface area contributed by atoms with Crippen LogP contribution in [-0.2, 0) is 0 Å². The minimum atomic E-state index is 0.656. The Hall–Kier alpha value is -1.02. The summed E-state index contributed by atoms with van der Waals surface area (Å²) >= 11 is 0. The molecule has 1 aromatic rings. The molecule has 2 nitrogen and oxygen atoms in total. The van der Waals surface area contributed by atoms with Crippen molar-refractivity contribution in [2.75, 3.05) is 25.0 Å². The second-order valence-corrected chi connectivity index (χ2v) is 5.01. The fourth-order valence-electron chi connectivity index (χ4n) is 2.22. The molecule has 0 aliphatic carbocycles. The van der Waals surface area contributed by atoms with Crippen molar-refractivity contribution in [3.63, 3.8) is 0 Å². The maximum absolute atomic E-state index is 5.74. The molecule has 0 fully saturated rings. The lowest BCUT2D eigenvalue weighted by Gasteiger charge is -2.24. The summed E-state index contributed by atoms with van der Waals surface area (Å²) in [6.07, 6.45) is 2.36. The van der Waals surface area contributed by atoms with Crippen molar-refractivity contribution in [3.05, 3.63) is 29.3 Å². The molecule has 17 heavy (non-hydrogen) atoms. The Morgan fingerprint density at radius 1 is 1.29 bits per heavy atom. The summed E-state index contributed by atoms with van der Waals surface area (Å²) in [6.45, 7) is 8.42. The first-order chi connectivity index (χ1) is 8.08. The minimum Gasteiger partial charge on any atom is -0.374 e. The van der Waals surface area contributed by atoms with Crippen LogP contribution in [0.1, 0.15) is 30.9 Å². The summed E-state index contributed by atoms with van der Waals surface area (Å²) in [5.74, 6) is 0.656. The number of rotatable bonds is 6. The molecule has 0 spiro atoms. The van der Waals surface area contributed by atoms with E-state index in [1.807, 2.05) is 0 Å². The number of anilines is 1. The predicted octanol–water partition coefficient (Wildman–Crippen LogP) is 3.11. The van der Waals surface area contributed by atoms with Gasteiger partial charge in [0.05, 0.1) is 0 Å². The van der Waals surface area contributed by atoms with Gasteiger partial charge in [-0.25, -0.2) is 0 Å². The molecule has 0 radical (unpaired) electrons. The standard InChI is InChI=1S/C15H26N2/c1-5-14(11-16)8-9-17(4)15-7-6-12(2)10-13(15)3/h6-7,10,14H,5,8-9,11,16H2,1-4H3. The number of hydrogen-bond donors (Lipinski definition) is 1. The van der Waals surface area contributed by atoms with Crippen LogP contribution < -0.4 is 10.6 Å². The maximum Gasteiger partial charge on any atom is 0.0393 e. The van der Waals surface area contributed by atoms with Gasteiger partial charge in [0.15, 0.2) is 0 Å². The molecule has 1 unspecified atom stereocenters. The van der Waals surface area contributed by atoms with E-state index in [-0.39, 0.29) is 0 Å². The number of aryl methyl sites for hydroxylation is 2. The molecule has 96 valence electrons. The third-order valence-corrected chi connectivity index (χ3v) is 3.55. The average Bonchev–Trinajstić information content (AvgIpc) is 2.30. The number of nitrogens with zero attached hydrogens (tertiary/aromatic N) is 1. The van der Waals surface area contributed by atoms with E-state index < -0.39 is 0 Å². The molecule has 0 aromatic heterocycles. The lowest BCUT2D eigenvalue weighted by atomic mass is 10.0. The maximum atomic E-state index is 5.74. The summed E-state index contributed by atoms with van der Waals surface area (Å²) in [7, 11) is 2.17. The molecule has 0 heterocycles. The Labute approximate surface area is 106 Å². The van der Waals surface area contributed by atoms with Crippen LogP contribution in [0.15, 0.2) is 18.2 Å². The van der Waals surface area contributed by atoms with E-state index in [2.05, 4.69) is 50.9 Å². The Balaban J connectivity index is 2.60. The molecule has 0 aliphatic heterocycles. The lowest BCUT2D eigenvalue weighted by Crippen LogP contribution is -2.24. The zero-order valence-electron chi connectivity index (χ0n) is 11.7. The van der Waals surface area contributed by atoms with Gasteiger partial charge in [0.1, 0.15) is 0 Å². The van der Waals surface area contributed by atoms with Crippen molar-refractivity contribution in [2.45, 2.75) is 33.6 Å². The smallest absolute Gasteiger partial charge is 0.0393 e. The van der Waals surface area contributed by atoms with Crippen molar-refractivity contribution in [2.24, 2.45) is 11.7 Å². The molecule has 2 N–H and O–H groups in total. The highest BCUT2D eigenvalue weighted by atomic mass is 15.1. The highest BCUT2D eigenvalue weighted by Crippen LogP contribution is 2.20. The zero-order chi connectivity index (χ0) is 12.8. The molecule has 1 aromatic carbocycles. The topological polar surface area (TPSA) is 29.3 Å². The summed E-state index contributed by atoms with van der Waals surface area (Å²) in [5, 5.41) is 0. The van der Waals surface area contributed by atoms with E-state index in [4.69, 9.17) is 5.73 Å². The molecule has 0 amide bonds. The fraction of sp³-hybridized carbons (Fsp3) is 0.600. The molecule has 0 saturated carbocycles. The molecule has 1 rings (SSSR count). The molecule has 0 aliphatic rings. The highest BCUT2D eigenvalue weighted by molar-refractivity contribution is 5.53. The highest BCUT2D eigenvalue weighted by Gasteiger charge is 2.08. The van der Waals surface area contributed by atoms with Crippen LogP contribution in [0, 0.1) is 19.8 Å². The van der Waals surface area contributed by atoms with Gasteiger partial charge in [-0.1, -0.05) is 31.0 Å². The van der Waals surface area contributed by atoms with Gasteiger partial charge in [-0.15, -0.1) is 0 Å². The fourth-order valence-corrected chi connectivity index (χ4v) is 2.22. The van der Waals surface area contributed by atoms with Gasteiger partial charge in [-0.2, -0.15) is 0 Å². The van der Waals surface area contributed by atoms with Crippen molar-refractivity contribution < 1.29 is 0 Å². The van der Waals surface area contributed by atoms with Crippen molar-refractivity contribution in [1.82, 2.24) is 0 Å². The van der Waals surface area contributed by atoms with E-state index in [1.54, 1.807) is 0 Å². The van der Waals surface area contributed by atoms with E-state index >= 15 is 0 Å². The predicted molar refractivity (Wildman–Crippen MR) is 76.6 cm³/mol. The summed E-state index contributed by atoms with van der Waals surface area (Å²) in [5.41, 5.74) is 9.76. The largest absolute Gasteiger partial charge is 0.374 e. The second kappa shape index (κ2) is 6.65. The molecule has 1 atom stereocenters. The van der Waals surface area contributed by atoms with Gasteiger partial charge in [0.2, 0.25) is 0 Å². The third kappa shape index (κ3) is 4.04. The van der Waals surface area contributed by atoms with Crippen molar-refractivity contribution >= 4 is 5.69 Å². The first kappa shape index (κ1) is 14.0. The van der Waals surface area contributed by atoms with E-state index in [1.165, 1.54) is 29.7 Å². The van der Waals surface area contributed by atoms with Crippen molar-refractivity contribution in [3.8, 4) is 0 Å². The molecular weight excluding hydrogens is 208 g/mol. The van der Waals surface area contributed by atoms with Gasteiger partial charge >= 0.3 is 0 Å². The van der Waals surface area contributed by atoms with Gasteiger partial charge in [0, 0.05) is 19.3 Å². The Kier molecular flexibility index (Phi) is 5.49. The Morgan fingerprint density at radius 2 is 2.00 bits per heavy atom. The third-order valence-electron chi connectivity index (χ3n) is 3.55. The summed E-state index contributed by atoms with van der Waals surface area (Å²) in [4.78, 5) is 2.34. The quantitative estimate of drug-likeness (QED) is 0.819. The zero-order valence-corrected chi connectivity index (χ0v) is 11.7. The average molecular weight is 234 g/mol.